The molecule has 96 valence electrons. The van der Waals surface area contributed by atoms with Gasteiger partial charge in [0.2, 0.25) is 5.91 Å². The molecule has 0 aromatic rings. The number of nitrogens with one attached hydrogen (secondary N) is 1. The summed E-state index contributed by atoms with van der Waals surface area (Å²) >= 11 is 0. The topological polar surface area (TPSA) is 113 Å². The second-order valence-electron chi connectivity index (χ2n) is 4.29. The molecule has 0 aromatic carbocycles. The molecular weight excluding hydrogens is 226 g/mol. The van der Waals surface area contributed by atoms with Gasteiger partial charge in [0.15, 0.2) is 0 Å². The molecule has 7 nitrogen and oxygen atoms in total. The normalized spacial score (nSPS) is 21.0. The lowest BCUT2D eigenvalue weighted by atomic mass is 10.1. The van der Waals surface area contributed by atoms with E-state index in [1.54, 1.807) is 6.92 Å². The molecule has 1 rings (SSSR count). The summed E-state index contributed by atoms with van der Waals surface area (Å²) < 4.78 is 0. The van der Waals surface area contributed by atoms with Crippen molar-refractivity contribution in [3.8, 4) is 0 Å². The number of primary amides is 1. The van der Waals surface area contributed by atoms with E-state index in [0.717, 1.165) is 0 Å². The zero-order valence-electron chi connectivity index (χ0n) is 9.68. The van der Waals surface area contributed by atoms with Gasteiger partial charge < -0.3 is 21.1 Å². The number of carbonyl (C=O) groups is 3. The minimum Gasteiger partial charge on any atom is -0.481 e. The van der Waals surface area contributed by atoms with Crippen molar-refractivity contribution in [2.75, 3.05) is 13.1 Å². The zero-order valence-corrected chi connectivity index (χ0v) is 9.68. The molecule has 0 spiro atoms. The van der Waals surface area contributed by atoms with E-state index in [4.69, 9.17) is 10.8 Å². The lowest BCUT2D eigenvalue weighted by molar-refractivity contribution is -0.141. The Labute approximate surface area is 98.9 Å². The first kappa shape index (κ1) is 13.3. The van der Waals surface area contributed by atoms with E-state index < -0.39 is 17.8 Å². The van der Waals surface area contributed by atoms with Gasteiger partial charge in [-0.15, -0.1) is 0 Å². The second kappa shape index (κ2) is 5.51. The fourth-order valence-electron chi connectivity index (χ4n) is 1.80. The van der Waals surface area contributed by atoms with Crippen molar-refractivity contribution >= 4 is 17.9 Å². The maximum absolute atomic E-state index is 11.7. The quantitative estimate of drug-likeness (QED) is 0.609. The highest BCUT2D eigenvalue weighted by Gasteiger charge is 2.31. The highest BCUT2D eigenvalue weighted by molar-refractivity contribution is 5.79. The van der Waals surface area contributed by atoms with Crippen molar-refractivity contribution in [2.24, 2.45) is 11.7 Å². The Kier molecular flexibility index (Phi) is 4.30. The van der Waals surface area contributed by atoms with E-state index in [1.165, 1.54) is 4.90 Å². The number of rotatable bonds is 4. The van der Waals surface area contributed by atoms with Crippen LogP contribution in [0.15, 0.2) is 0 Å². The molecule has 2 unspecified atom stereocenters. The summed E-state index contributed by atoms with van der Waals surface area (Å²) in [6, 6.07) is -0.689. The van der Waals surface area contributed by atoms with Crippen molar-refractivity contribution in [1.82, 2.24) is 10.2 Å². The van der Waals surface area contributed by atoms with Gasteiger partial charge in [0.25, 0.3) is 0 Å². The van der Waals surface area contributed by atoms with E-state index in [0.29, 0.717) is 13.0 Å². The number of carboxylic acid groups (broad SMARTS) is 1. The molecule has 1 aliphatic rings. The fourth-order valence-corrected chi connectivity index (χ4v) is 1.80. The van der Waals surface area contributed by atoms with Gasteiger partial charge in [0, 0.05) is 25.6 Å². The van der Waals surface area contributed by atoms with Gasteiger partial charge in [0.05, 0.1) is 5.92 Å². The zero-order chi connectivity index (χ0) is 13.0. The SMILES string of the molecule is CC(CC(N)=O)NC(=O)N1CCC(C(=O)O)C1. The van der Waals surface area contributed by atoms with E-state index in [9.17, 15) is 14.4 Å². The Morgan fingerprint density at radius 1 is 1.53 bits per heavy atom. The molecule has 7 heteroatoms. The number of carbonyl (C=O) groups excluding carboxylic acids is 2. The standard InChI is InChI=1S/C10H17N3O4/c1-6(4-8(11)14)12-10(17)13-3-2-7(5-13)9(15)16/h6-7H,2-5H2,1H3,(H2,11,14)(H,12,17)(H,15,16). The van der Waals surface area contributed by atoms with E-state index in [-0.39, 0.29) is 25.0 Å². The number of carboxylic acids is 1. The summed E-state index contributed by atoms with van der Waals surface area (Å²) in [4.78, 5) is 34.5. The molecule has 17 heavy (non-hydrogen) atoms. The summed E-state index contributed by atoms with van der Waals surface area (Å²) in [6.07, 6.45) is 0.537. The maximum Gasteiger partial charge on any atom is 0.317 e. The van der Waals surface area contributed by atoms with Crippen LogP contribution in [0.1, 0.15) is 19.8 Å². The van der Waals surface area contributed by atoms with Gasteiger partial charge >= 0.3 is 12.0 Å². The lowest BCUT2D eigenvalue weighted by Crippen LogP contribution is -2.44. The third-order valence-corrected chi connectivity index (χ3v) is 2.70. The van der Waals surface area contributed by atoms with Crippen LogP contribution in [0.5, 0.6) is 0 Å². The van der Waals surface area contributed by atoms with Crippen LogP contribution >= 0.6 is 0 Å². The Balaban J connectivity index is 2.39. The first-order valence-corrected chi connectivity index (χ1v) is 5.46. The van der Waals surface area contributed by atoms with Gasteiger partial charge in [-0.3, -0.25) is 9.59 Å². The summed E-state index contributed by atoms with van der Waals surface area (Å²) in [7, 11) is 0. The molecular formula is C10H17N3O4. The van der Waals surface area contributed by atoms with Crippen LogP contribution in [0.3, 0.4) is 0 Å². The molecule has 0 aromatic heterocycles. The molecule has 1 heterocycles. The molecule has 3 amide bonds. The Morgan fingerprint density at radius 2 is 2.18 bits per heavy atom. The average Bonchev–Trinajstić information content (AvgIpc) is 2.64. The highest BCUT2D eigenvalue weighted by Crippen LogP contribution is 2.16. The molecule has 0 saturated carbocycles. The number of amides is 3. The summed E-state index contributed by atoms with van der Waals surface area (Å²) in [5, 5.41) is 11.4. The third-order valence-electron chi connectivity index (χ3n) is 2.70. The Hall–Kier alpha value is -1.79. The molecule has 1 fully saturated rings. The number of urea groups is 1. The highest BCUT2D eigenvalue weighted by atomic mass is 16.4. The Bertz CT molecular complexity index is 332. The van der Waals surface area contributed by atoms with Crippen LogP contribution in [-0.4, -0.2) is 47.0 Å². The van der Waals surface area contributed by atoms with Crippen LogP contribution < -0.4 is 11.1 Å². The van der Waals surface area contributed by atoms with E-state index >= 15 is 0 Å². The smallest absolute Gasteiger partial charge is 0.317 e. The number of hydrogen-bond donors (Lipinski definition) is 3. The van der Waals surface area contributed by atoms with Crippen LogP contribution in [0, 0.1) is 5.92 Å². The predicted molar refractivity (Wildman–Crippen MR) is 59.1 cm³/mol. The molecule has 4 N–H and O–H groups in total. The van der Waals surface area contributed by atoms with Crippen LogP contribution in [-0.2, 0) is 9.59 Å². The largest absolute Gasteiger partial charge is 0.481 e. The van der Waals surface area contributed by atoms with Gasteiger partial charge in [-0.1, -0.05) is 0 Å². The van der Waals surface area contributed by atoms with Gasteiger partial charge in [0.1, 0.15) is 0 Å². The van der Waals surface area contributed by atoms with Crippen molar-refractivity contribution < 1.29 is 19.5 Å². The summed E-state index contributed by atoms with van der Waals surface area (Å²) in [5.74, 6) is -1.86. The number of hydrogen-bond acceptors (Lipinski definition) is 3. The maximum atomic E-state index is 11.7. The second-order valence-corrected chi connectivity index (χ2v) is 4.29. The number of nitrogens with zero attached hydrogens (tertiary/aromatic N) is 1. The van der Waals surface area contributed by atoms with Gasteiger partial charge in [-0.05, 0) is 13.3 Å². The number of aliphatic carboxylic acids is 1. The first-order valence-electron chi connectivity index (χ1n) is 5.46. The molecule has 1 saturated heterocycles. The Morgan fingerprint density at radius 3 is 2.65 bits per heavy atom. The summed E-state index contributed by atoms with van der Waals surface area (Å²) in [5.41, 5.74) is 5.00. The first-order chi connectivity index (χ1) is 7.90. The molecule has 1 aliphatic heterocycles. The van der Waals surface area contributed by atoms with E-state index in [1.807, 2.05) is 0 Å². The van der Waals surface area contributed by atoms with E-state index in [2.05, 4.69) is 5.32 Å². The minimum atomic E-state index is -0.884. The third kappa shape index (κ3) is 3.93. The number of likely N-dealkylation sites (tertiary alicyclic amines) is 1. The molecule has 0 bridgehead atoms. The number of nitrogens with two attached hydrogens (primary N) is 1. The average molecular weight is 243 g/mol. The lowest BCUT2D eigenvalue weighted by Gasteiger charge is -2.19. The van der Waals surface area contributed by atoms with Crippen molar-refractivity contribution in [3.63, 3.8) is 0 Å². The van der Waals surface area contributed by atoms with Crippen LogP contribution in [0.4, 0.5) is 4.79 Å². The molecule has 0 radical (unpaired) electrons. The van der Waals surface area contributed by atoms with Crippen LogP contribution in [0.25, 0.3) is 0 Å². The molecule has 2 atom stereocenters. The van der Waals surface area contributed by atoms with Crippen molar-refractivity contribution in [1.29, 1.82) is 0 Å². The fraction of sp³-hybridized carbons (Fsp3) is 0.700. The van der Waals surface area contributed by atoms with Crippen molar-refractivity contribution in [3.05, 3.63) is 0 Å². The predicted octanol–water partition coefficient (Wildman–Crippen LogP) is -0.634. The molecule has 0 aliphatic carbocycles. The van der Waals surface area contributed by atoms with Gasteiger partial charge in [-0.2, -0.15) is 0 Å². The minimum absolute atomic E-state index is 0.0714. The van der Waals surface area contributed by atoms with Crippen LogP contribution in [0.2, 0.25) is 0 Å². The van der Waals surface area contributed by atoms with Crippen molar-refractivity contribution in [2.45, 2.75) is 25.8 Å². The summed E-state index contributed by atoms with van der Waals surface area (Å²) in [6.45, 7) is 2.31. The monoisotopic (exact) mass is 243 g/mol. The van der Waals surface area contributed by atoms with Gasteiger partial charge in [-0.25, -0.2) is 4.79 Å².